The van der Waals surface area contributed by atoms with Crippen molar-refractivity contribution in [1.82, 2.24) is 10.6 Å². The maximum Gasteiger partial charge on any atom is 0.240 e. The lowest BCUT2D eigenvalue weighted by atomic mass is 9.90. The van der Waals surface area contributed by atoms with Crippen LogP contribution in [0.5, 0.6) is 0 Å². The first-order valence-corrected chi connectivity index (χ1v) is 6.71. The number of hydrogen-bond donors (Lipinski definition) is 3. The maximum atomic E-state index is 12.1. The normalized spacial score (nSPS) is 28.5. The predicted octanol–water partition coefficient (Wildman–Crippen LogP) is 1.04. The second-order valence-corrected chi connectivity index (χ2v) is 5.38. The average molecular weight is 242 g/mol. The van der Waals surface area contributed by atoms with E-state index in [4.69, 9.17) is 0 Å². The Bertz CT molecular complexity index is 250. The molecule has 0 aromatic carbocycles. The van der Waals surface area contributed by atoms with Crippen LogP contribution < -0.4 is 10.6 Å². The first kappa shape index (κ1) is 14.5. The van der Waals surface area contributed by atoms with E-state index in [9.17, 15) is 9.90 Å². The Balaban J connectivity index is 2.38. The number of amides is 1. The van der Waals surface area contributed by atoms with E-state index in [0.29, 0.717) is 6.54 Å². The van der Waals surface area contributed by atoms with Crippen LogP contribution in [-0.4, -0.2) is 35.7 Å². The zero-order valence-corrected chi connectivity index (χ0v) is 11.3. The van der Waals surface area contributed by atoms with Crippen molar-refractivity contribution >= 4 is 5.91 Å². The summed E-state index contributed by atoms with van der Waals surface area (Å²) in [6.07, 6.45) is 3.57. The second-order valence-electron chi connectivity index (χ2n) is 5.38. The highest BCUT2D eigenvalue weighted by Gasteiger charge is 2.34. The number of nitrogens with one attached hydrogen (secondary N) is 2. The number of hydrogen-bond acceptors (Lipinski definition) is 3. The van der Waals surface area contributed by atoms with Crippen molar-refractivity contribution in [2.45, 2.75) is 58.1 Å². The molecule has 1 rings (SSSR count). The van der Waals surface area contributed by atoms with E-state index in [0.717, 1.165) is 32.2 Å². The van der Waals surface area contributed by atoms with E-state index in [2.05, 4.69) is 10.6 Å². The molecule has 0 aromatic rings. The van der Waals surface area contributed by atoms with Crippen LogP contribution in [0, 0.1) is 5.92 Å². The number of carbonyl (C=O) groups excluding carboxylic acids is 1. The van der Waals surface area contributed by atoms with E-state index in [-0.39, 0.29) is 11.8 Å². The van der Waals surface area contributed by atoms with Crippen LogP contribution >= 0.6 is 0 Å². The summed E-state index contributed by atoms with van der Waals surface area (Å²) >= 11 is 0. The highest BCUT2D eigenvalue weighted by Crippen LogP contribution is 2.18. The third kappa shape index (κ3) is 3.96. The van der Waals surface area contributed by atoms with Gasteiger partial charge in [0.15, 0.2) is 0 Å². The monoisotopic (exact) mass is 242 g/mol. The van der Waals surface area contributed by atoms with Gasteiger partial charge in [0.25, 0.3) is 0 Å². The molecule has 3 atom stereocenters. The summed E-state index contributed by atoms with van der Waals surface area (Å²) in [5, 5.41) is 15.9. The molecular formula is C13H26N2O2. The van der Waals surface area contributed by atoms with E-state index in [1.807, 2.05) is 20.8 Å². The third-order valence-electron chi connectivity index (χ3n) is 3.89. The van der Waals surface area contributed by atoms with Gasteiger partial charge in [-0.2, -0.15) is 0 Å². The quantitative estimate of drug-likeness (QED) is 0.675. The molecule has 3 N–H and O–H groups in total. The molecule has 3 unspecified atom stereocenters. The van der Waals surface area contributed by atoms with Gasteiger partial charge in [0.2, 0.25) is 5.91 Å². The van der Waals surface area contributed by atoms with Gasteiger partial charge in [0.05, 0.1) is 11.6 Å². The first-order valence-electron chi connectivity index (χ1n) is 6.71. The summed E-state index contributed by atoms with van der Waals surface area (Å²) < 4.78 is 0. The van der Waals surface area contributed by atoms with Crippen molar-refractivity contribution in [3.63, 3.8) is 0 Å². The van der Waals surface area contributed by atoms with E-state index < -0.39 is 11.6 Å². The summed E-state index contributed by atoms with van der Waals surface area (Å²) in [5.41, 5.74) is -0.451. The van der Waals surface area contributed by atoms with E-state index in [1.54, 1.807) is 0 Å². The highest BCUT2D eigenvalue weighted by molar-refractivity contribution is 5.85. The summed E-state index contributed by atoms with van der Waals surface area (Å²) in [6, 6.07) is 0. The molecule has 1 amide bonds. The van der Waals surface area contributed by atoms with Crippen LogP contribution in [0.1, 0.15) is 46.5 Å². The van der Waals surface area contributed by atoms with Gasteiger partial charge < -0.3 is 15.7 Å². The first-order chi connectivity index (χ1) is 7.99. The zero-order chi connectivity index (χ0) is 12.9. The Kier molecular flexibility index (Phi) is 5.40. The third-order valence-corrected chi connectivity index (χ3v) is 3.89. The average Bonchev–Trinajstić information content (AvgIpc) is 2.35. The molecule has 0 bridgehead atoms. The van der Waals surface area contributed by atoms with Crippen LogP contribution in [0.25, 0.3) is 0 Å². The Morgan fingerprint density at radius 1 is 1.53 bits per heavy atom. The van der Waals surface area contributed by atoms with Gasteiger partial charge in [-0.25, -0.2) is 0 Å². The van der Waals surface area contributed by atoms with Crippen LogP contribution in [0.4, 0.5) is 0 Å². The minimum atomic E-state index is -0.451. The number of piperidine rings is 1. The molecule has 1 aliphatic rings. The minimum Gasteiger partial charge on any atom is -0.391 e. The fraction of sp³-hybridized carbons (Fsp3) is 0.923. The van der Waals surface area contributed by atoms with Crippen molar-refractivity contribution < 1.29 is 9.90 Å². The molecule has 17 heavy (non-hydrogen) atoms. The lowest BCUT2D eigenvalue weighted by Crippen LogP contribution is -2.57. The van der Waals surface area contributed by atoms with Crippen LogP contribution in [-0.2, 0) is 4.79 Å². The zero-order valence-electron chi connectivity index (χ0n) is 11.3. The molecule has 1 heterocycles. The molecular weight excluding hydrogens is 216 g/mol. The molecule has 100 valence electrons. The highest BCUT2D eigenvalue weighted by atomic mass is 16.3. The SMILES string of the molecule is CCC(C)C(O)CNC(=O)C1(C)CCCCN1. The molecule has 4 heteroatoms. The van der Waals surface area contributed by atoms with Crippen molar-refractivity contribution in [3.05, 3.63) is 0 Å². The Hall–Kier alpha value is -0.610. The van der Waals surface area contributed by atoms with Gasteiger partial charge in [0, 0.05) is 6.54 Å². The Morgan fingerprint density at radius 3 is 2.76 bits per heavy atom. The van der Waals surface area contributed by atoms with Gasteiger partial charge in [-0.1, -0.05) is 20.3 Å². The van der Waals surface area contributed by atoms with Crippen molar-refractivity contribution in [1.29, 1.82) is 0 Å². The van der Waals surface area contributed by atoms with Gasteiger partial charge in [0.1, 0.15) is 0 Å². The predicted molar refractivity (Wildman–Crippen MR) is 68.7 cm³/mol. The Labute approximate surface area is 104 Å². The van der Waals surface area contributed by atoms with Gasteiger partial charge in [-0.15, -0.1) is 0 Å². The fourth-order valence-corrected chi connectivity index (χ4v) is 2.12. The van der Waals surface area contributed by atoms with E-state index in [1.165, 1.54) is 0 Å². The van der Waals surface area contributed by atoms with E-state index >= 15 is 0 Å². The van der Waals surface area contributed by atoms with Gasteiger partial charge in [-0.05, 0) is 38.6 Å². The largest absolute Gasteiger partial charge is 0.391 e. The summed E-state index contributed by atoms with van der Waals surface area (Å²) in [4.78, 5) is 12.1. The molecule has 1 saturated heterocycles. The van der Waals surface area contributed by atoms with Crippen LogP contribution in [0.2, 0.25) is 0 Å². The standard InChI is InChI=1S/C13H26N2O2/c1-4-10(2)11(16)9-14-12(17)13(3)7-5-6-8-15-13/h10-11,15-16H,4-9H2,1-3H3,(H,14,17). The molecule has 0 saturated carbocycles. The lowest BCUT2D eigenvalue weighted by molar-refractivity contribution is -0.128. The summed E-state index contributed by atoms with van der Waals surface area (Å²) in [6.45, 7) is 7.23. The van der Waals surface area contributed by atoms with Crippen LogP contribution in [0.3, 0.4) is 0 Å². The van der Waals surface area contributed by atoms with Crippen molar-refractivity contribution in [2.75, 3.05) is 13.1 Å². The number of aliphatic hydroxyl groups excluding tert-OH is 1. The second kappa shape index (κ2) is 6.36. The molecule has 0 radical (unpaired) electrons. The number of rotatable bonds is 5. The lowest BCUT2D eigenvalue weighted by Gasteiger charge is -2.34. The fourth-order valence-electron chi connectivity index (χ4n) is 2.12. The summed E-state index contributed by atoms with van der Waals surface area (Å²) in [5.74, 6) is 0.238. The topological polar surface area (TPSA) is 61.4 Å². The van der Waals surface area contributed by atoms with Crippen LogP contribution in [0.15, 0.2) is 0 Å². The molecule has 1 aliphatic heterocycles. The van der Waals surface area contributed by atoms with Crippen molar-refractivity contribution in [2.24, 2.45) is 5.92 Å². The number of aliphatic hydroxyl groups is 1. The Morgan fingerprint density at radius 2 is 2.24 bits per heavy atom. The van der Waals surface area contributed by atoms with Gasteiger partial charge >= 0.3 is 0 Å². The number of carbonyl (C=O) groups is 1. The maximum absolute atomic E-state index is 12.1. The smallest absolute Gasteiger partial charge is 0.240 e. The molecule has 0 aromatic heterocycles. The molecule has 0 aliphatic carbocycles. The summed E-state index contributed by atoms with van der Waals surface area (Å²) in [7, 11) is 0. The van der Waals surface area contributed by atoms with Crippen molar-refractivity contribution in [3.8, 4) is 0 Å². The minimum absolute atomic E-state index is 0.0135. The molecule has 0 spiro atoms. The van der Waals surface area contributed by atoms with Gasteiger partial charge in [-0.3, -0.25) is 4.79 Å². The molecule has 1 fully saturated rings. The molecule has 4 nitrogen and oxygen atoms in total.